The number of alkyl halides is 1. The highest BCUT2D eigenvalue weighted by atomic mass is 79.9. The van der Waals surface area contributed by atoms with E-state index in [9.17, 15) is 0 Å². The number of halogens is 1. The third-order valence-corrected chi connectivity index (χ3v) is 4.53. The van der Waals surface area contributed by atoms with E-state index in [1.165, 1.54) is 17.7 Å². The molecule has 1 aliphatic carbocycles. The minimum atomic E-state index is -0.132. The summed E-state index contributed by atoms with van der Waals surface area (Å²) in [4.78, 5) is 11.3. The first kappa shape index (κ1) is 13.3. The van der Waals surface area contributed by atoms with Crippen molar-refractivity contribution in [3.8, 4) is 0 Å². The van der Waals surface area contributed by atoms with Crippen LogP contribution < -0.4 is 4.90 Å². The molecular weight excluding hydrogens is 306 g/mol. The molecule has 0 spiro atoms. The van der Waals surface area contributed by atoms with Crippen molar-refractivity contribution in [2.75, 3.05) is 23.3 Å². The van der Waals surface area contributed by atoms with Crippen LogP contribution in [-0.4, -0.2) is 40.1 Å². The maximum Gasteiger partial charge on any atom is 0.135 e. The summed E-state index contributed by atoms with van der Waals surface area (Å²) in [5, 5.41) is 0.861. The summed E-state index contributed by atoms with van der Waals surface area (Å²) in [6.45, 7) is 6.09. The summed E-state index contributed by atoms with van der Waals surface area (Å²) < 4.78 is 6.06. The Morgan fingerprint density at radius 1 is 1.42 bits per heavy atom. The second-order valence-electron chi connectivity index (χ2n) is 6.01. The number of aryl methyl sites for hydroxylation is 1. The topological polar surface area (TPSA) is 38.2 Å². The van der Waals surface area contributed by atoms with Crippen molar-refractivity contribution in [3.05, 3.63) is 17.6 Å². The first-order valence-electron chi connectivity index (χ1n) is 6.90. The highest BCUT2D eigenvalue weighted by Gasteiger charge is 2.35. The lowest BCUT2D eigenvalue weighted by Crippen LogP contribution is -2.54. The fourth-order valence-corrected chi connectivity index (χ4v) is 3.49. The Morgan fingerprint density at radius 2 is 2.26 bits per heavy atom. The molecule has 1 aromatic rings. The molecule has 1 aromatic heterocycles. The summed E-state index contributed by atoms with van der Waals surface area (Å²) in [6, 6.07) is 0. The molecule has 2 aliphatic rings. The van der Waals surface area contributed by atoms with Crippen LogP contribution in [0, 0.1) is 0 Å². The maximum atomic E-state index is 6.06. The lowest BCUT2D eigenvalue weighted by atomic mass is 10.0. The van der Waals surface area contributed by atoms with E-state index < -0.39 is 0 Å². The number of hydrogen-bond donors (Lipinski definition) is 0. The Hall–Kier alpha value is -0.680. The lowest BCUT2D eigenvalue weighted by molar-refractivity contribution is -0.0726. The highest BCUT2D eigenvalue weighted by Crippen LogP contribution is 2.32. The van der Waals surface area contributed by atoms with Gasteiger partial charge in [0, 0.05) is 29.7 Å². The molecule has 1 saturated heterocycles. The van der Waals surface area contributed by atoms with Gasteiger partial charge in [-0.2, -0.15) is 0 Å². The third-order valence-electron chi connectivity index (χ3n) is 3.81. The normalized spacial score (nSPS) is 25.4. The zero-order chi connectivity index (χ0) is 13.5. The first-order chi connectivity index (χ1) is 9.09. The van der Waals surface area contributed by atoms with Gasteiger partial charge in [-0.15, -0.1) is 0 Å². The van der Waals surface area contributed by atoms with Crippen molar-refractivity contribution in [2.24, 2.45) is 0 Å². The molecular formula is C14H20BrN3O. The predicted molar refractivity (Wildman–Crippen MR) is 79.0 cm³/mol. The summed E-state index contributed by atoms with van der Waals surface area (Å²) in [6.07, 6.45) is 5.35. The molecule has 2 heterocycles. The van der Waals surface area contributed by atoms with Gasteiger partial charge in [-0.3, -0.25) is 0 Å². The van der Waals surface area contributed by atoms with Crippen LogP contribution in [0.1, 0.15) is 31.5 Å². The van der Waals surface area contributed by atoms with Crippen LogP contribution in [0.4, 0.5) is 5.82 Å². The van der Waals surface area contributed by atoms with Gasteiger partial charge in [0.15, 0.2) is 0 Å². The summed E-state index contributed by atoms with van der Waals surface area (Å²) >= 11 is 3.54. The molecule has 1 atom stereocenters. The molecule has 1 aliphatic heterocycles. The zero-order valence-corrected chi connectivity index (χ0v) is 13.1. The van der Waals surface area contributed by atoms with Crippen molar-refractivity contribution in [1.29, 1.82) is 0 Å². The molecule has 1 fully saturated rings. The SMILES string of the molecule is CC1(C)CN(c2ncnc3c2CCC3)CC(CBr)O1. The van der Waals surface area contributed by atoms with Crippen LogP contribution in [0.15, 0.2) is 6.33 Å². The Bertz CT molecular complexity index is 478. The van der Waals surface area contributed by atoms with Crippen molar-refractivity contribution in [2.45, 2.75) is 44.8 Å². The molecule has 1 unspecified atom stereocenters. The smallest absolute Gasteiger partial charge is 0.135 e. The lowest BCUT2D eigenvalue weighted by Gasteiger charge is -2.43. The van der Waals surface area contributed by atoms with Crippen LogP contribution in [-0.2, 0) is 17.6 Å². The summed E-state index contributed by atoms with van der Waals surface area (Å²) in [7, 11) is 0. The molecule has 19 heavy (non-hydrogen) atoms. The molecule has 5 heteroatoms. The number of anilines is 1. The molecule has 0 radical (unpaired) electrons. The van der Waals surface area contributed by atoms with Gasteiger partial charge >= 0.3 is 0 Å². The van der Waals surface area contributed by atoms with Crippen LogP contribution in [0.25, 0.3) is 0 Å². The number of rotatable bonds is 2. The number of morpholine rings is 1. The molecule has 104 valence electrons. The van der Waals surface area contributed by atoms with E-state index in [4.69, 9.17) is 4.74 Å². The van der Waals surface area contributed by atoms with Crippen LogP contribution in [0.2, 0.25) is 0 Å². The molecule has 0 N–H and O–H groups in total. The van der Waals surface area contributed by atoms with E-state index in [-0.39, 0.29) is 11.7 Å². The molecule has 0 amide bonds. The highest BCUT2D eigenvalue weighted by molar-refractivity contribution is 9.09. The van der Waals surface area contributed by atoms with Crippen molar-refractivity contribution < 1.29 is 4.74 Å². The molecule has 0 saturated carbocycles. The van der Waals surface area contributed by atoms with E-state index in [2.05, 4.69) is 44.6 Å². The number of ether oxygens (including phenoxy) is 1. The van der Waals surface area contributed by atoms with E-state index in [1.807, 2.05) is 0 Å². The molecule has 4 nitrogen and oxygen atoms in total. The van der Waals surface area contributed by atoms with E-state index >= 15 is 0 Å². The van der Waals surface area contributed by atoms with Gasteiger partial charge in [-0.25, -0.2) is 9.97 Å². The average Bonchev–Trinajstić information content (AvgIpc) is 2.84. The minimum absolute atomic E-state index is 0.132. The Morgan fingerprint density at radius 3 is 3.05 bits per heavy atom. The third kappa shape index (κ3) is 2.63. The van der Waals surface area contributed by atoms with Gasteiger partial charge in [-0.1, -0.05) is 15.9 Å². The van der Waals surface area contributed by atoms with Crippen LogP contribution in [0.3, 0.4) is 0 Å². The summed E-state index contributed by atoms with van der Waals surface area (Å²) in [5.41, 5.74) is 2.46. The second kappa shape index (κ2) is 5.02. The first-order valence-corrected chi connectivity index (χ1v) is 8.03. The van der Waals surface area contributed by atoms with Gasteiger partial charge < -0.3 is 9.64 Å². The Labute approximate surface area is 122 Å². The fourth-order valence-electron chi connectivity index (χ4n) is 3.15. The zero-order valence-electron chi connectivity index (χ0n) is 11.5. The standard InChI is InChI=1S/C14H20BrN3O/c1-14(2)8-18(7-10(6-15)19-14)13-11-4-3-5-12(11)16-9-17-13/h9-10H,3-8H2,1-2H3. The largest absolute Gasteiger partial charge is 0.368 e. The predicted octanol–water partition coefficient (Wildman–Crippen LogP) is 2.34. The molecule has 3 rings (SSSR count). The fraction of sp³-hybridized carbons (Fsp3) is 0.714. The second-order valence-corrected chi connectivity index (χ2v) is 6.66. The van der Waals surface area contributed by atoms with Gasteiger partial charge in [0.05, 0.1) is 11.7 Å². The Balaban J connectivity index is 1.91. The number of nitrogens with zero attached hydrogens (tertiary/aromatic N) is 3. The van der Waals surface area contributed by atoms with Crippen LogP contribution >= 0.6 is 15.9 Å². The van der Waals surface area contributed by atoms with E-state index in [0.29, 0.717) is 0 Å². The quantitative estimate of drug-likeness (QED) is 0.782. The van der Waals surface area contributed by atoms with Crippen molar-refractivity contribution in [3.63, 3.8) is 0 Å². The number of hydrogen-bond acceptors (Lipinski definition) is 4. The minimum Gasteiger partial charge on any atom is -0.368 e. The van der Waals surface area contributed by atoms with Crippen molar-refractivity contribution in [1.82, 2.24) is 9.97 Å². The maximum absolute atomic E-state index is 6.06. The van der Waals surface area contributed by atoms with Crippen LogP contribution in [0.5, 0.6) is 0 Å². The van der Waals surface area contributed by atoms with E-state index in [0.717, 1.165) is 37.1 Å². The summed E-state index contributed by atoms with van der Waals surface area (Å²) in [5.74, 6) is 1.13. The number of aromatic nitrogens is 2. The monoisotopic (exact) mass is 325 g/mol. The van der Waals surface area contributed by atoms with Crippen molar-refractivity contribution >= 4 is 21.7 Å². The average molecular weight is 326 g/mol. The molecule has 0 aromatic carbocycles. The number of fused-ring (bicyclic) bond motifs is 1. The van der Waals surface area contributed by atoms with Gasteiger partial charge in [0.25, 0.3) is 0 Å². The van der Waals surface area contributed by atoms with E-state index in [1.54, 1.807) is 6.33 Å². The molecule has 0 bridgehead atoms. The van der Waals surface area contributed by atoms with Gasteiger partial charge in [0.2, 0.25) is 0 Å². The van der Waals surface area contributed by atoms with Gasteiger partial charge in [-0.05, 0) is 33.1 Å². The van der Waals surface area contributed by atoms with Gasteiger partial charge in [0.1, 0.15) is 12.1 Å². The Kier molecular flexibility index (Phi) is 3.52.